The van der Waals surface area contributed by atoms with Gasteiger partial charge in [-0.1, -0.05) is 0 Å². The predicted octanol–water partition coefficient (Wildman–Crippen LogP) is 3.61. The fourth-order valence-electron chi connectivity index (χ4n) is 3.49. The second-order valence-corrected chi connectivity index (χ2v) is 8.13. The molecule has 152 valence electrons. The fourth-order valence-corrected chi connectivity index (χ4v) is 3.49. The Balaban J connectivity index is 1.34. The molecule has 1 saturated heterocycles. The van der Waals surface area contributed by atoms with Crippen molar-refractivity contribution in [3.05, 3.63) is 18.2 Å². The van der Waals surface area contributed by atoms with E-state index >= 15 is 0 Å². The number of ether oxygens (including phenoxy) is 2. The van der Waals surface area contributed by atoms with E-state index in [4.69, 9.17) is 19.0 Å². The number of rotatable bonds is 7. The molecule has 1 aromatic carbocycles. The molecule has 2 N–H and O–H groups in total. The first kappa shape index (κ1) is 18.9. The molecule has 8 nitrogen and oxygen atoms in total. The largest absolute Gasteiger partial charge is 0.493 e. The van der Waals surface area contributed by atoms with Gasteiger partial charge in [0.25, 0.3) is 6.01 Å². The number of hydrogen-bond donors (Lipinski definition) is 2. The molecule has 1 aliphatic heterocycles. The number of nitrogens with zero attached hydrogens (tertiary/aromatic N) is 2. The maximum absolute atomic E-state index is 10.9. The van der Waals surface area contributed by atoms with Gasteiger partial charge in [-0.3, -0.25) is 5.32 Å². The molecule has 2 aliphatic rings. The highest BCUT2D eigenvalue weighted by atomic mass is 16.5. The first-order valence-corrected chi connectivity index (χ1v) is 9.85. The zero-order chi connectivity index (χ0) is 19.7. The second kappa shape index (κ2) is 7.50. The van der Waals surface area contributed by atoms with Crippen molar-refractivity contribution in [2.24, 2.45) is 5.92 Å². The lowest BCUT2D eigenvalue weighted by atomic mass is 10.1. The van der Waals surface area contributed by atoms with Crippen LogP contribution in [0.5, 0.6) is 5.75 Å². The third-order valence-corrected chi connectivity index (χ3v) is 5.11. The molecule has 1 aromatic heterocycles. The summed E-state index contributed by atoms with van der Waals surface area (Å²) < 4.78 is 17.7. The van der Waals surface area contributed by atoms with Gasteiger partial charge in [0.15, 0.2) is 5.58 Å². The van der Waals surface area contributed by atoms with E-state index in [-0.39, 0.29) is 6.10 Å². The monoisotopic (exact) mass is 389 g/mol. The molecule has 1 aliphatic carbocycles. The minimum Gasteiger partial charge on any atom is -0.493 e. The van der Waals surface area contributed by atoms with E-state index in [2.05, 4.69) is 15.2 Å². The minimum atomic E-state index is -1.09. The van der Waals surface area contributed by atoms with Crippen LogP contribution in [0.1, 0.15) is 39.5 Å². The first-order chi connectivity index (χ1) is 13.4. The molecule has 2 heterocycles. The number of piperidine rings is 1. The fraction of sp³-hybridized carbons (Fsp3) is 0.600. The maximum Gasteiger partial charge on any atom is 0.406 e. The van der Waals surface area contributed by atoms with E-state index in [1.165, 1.54) is 12.8 Å². The Labute approximate surface area is 163 Å². The summed E-state index contributed by atoms with van der Waals surface area (Å²) >= 11 is 0. The van der Waals surface area contributed by atoms with Gasteiger partial charge in [0.2, 0.25) is 0 Å². The lowest BCUT2D eigenvalue weighted by Crippen LogP contribution is -2.49. The number of hydrogen-bond acceptors (Lipinski definition) is 6. The zero-order valence-electron chi connectivity index (χ0n) is 16.3. The summed E-state index contributed by atoms with van der Waals surface area (Å²) in [6.45, 7) is 5.69. The van der Waals surface area contributed by atoms with E-state index in [9.17, 15) is 4.79 Å². The number of oxazole rings is 1. The van der Waals surface area contributed by atoms with Crippen LogP contribution in [0.15, 0.2) is 22.6 Å². The van der Waals surface area contributed by atoms with Gasteiger partial charge < -0.3 is 23.9 Å². The number of aromatic nitrogens is 1. The molecule has 0 spiro atoms. The average molecular weight is 389 g/mol. The van der Waals surface area contributed by atoms with Crippen LogP contribution in [0, 0.1) is 5.92 Å². The van der Waals surface area contributed by atoms with Crippen LogP contribution in [0.25, 0.3) is 11.1 Å². The van der Waals surface area contributed by atoms with Gasteiger partial charge in [-0.2, -0.15) is 4.98 Å². The van der Waals surface area contributed by atoms with Crippen LogP contribution >= 0.6 is 0 Å². The van der Waals surface area contributed by atoms with Gasteiger partial charge in [-0.25, -0.2) is 4.79 Å². The van der Waals surface area contributed by atoms with Gasteiger partial charge in [0, 0.05) is 19.2 Å². The molecule has 28 heavy (non-hydrogen) atoms. The first-order valence-electron chi connectivity index (χ1n) is 9.85. The summed E-state index contributed by atoms with van der Waals surface area (Å²) in [6.07, 6.45) is 2.98. The van der Waals surface area contributed by atoms with Gasteiger partial charge in [0.1, 0.15) is 17.0 Å². The smallest absolute Gasteiger partial charge is 0.406 e. The third kappa shape index (κ3) is 4.67. The summed E-state index contributed by atoms with van der Waals surface area (Å²) in [7, 11) is 0. The third-order valence-electron chi connectivity index (χ3n) is 5.11. The molecule has 0 atom stereocenters. The van der Waals surface area contributed by atoms with Crippen molar-refractivity contribution < 1.29 is 23.8 Å². The van der Waals surface area contributed by atoms with E-state index in [1.54, 1.807) is 13.8 Å². The predicted molar refractivity (Wildman–Crippen MR) is 104 cm³/mol. The number of carbonyl (C=O) groups is 1. The Bertz CT molecular complexity index is 837. The molecule has 4 rings (SSSR count). The molecular formula is C20H27N3O5. The van der Waals surface area contributed by atoms with Crippen molar-refractivity contribution in [1.82, 2.24) is 10.3 Å². The molecule has 0 radical (unpaired) electrons. The highest BCUT2D eigenvalue weighted by Crippen LogP contribution is 2.31. The van der Waals surface area contributed by atoms with Crippen LogP contribution in [0.3, 0.4) is 0 Å². The molecule has 8 heteroatoms. The molecule has 2 aromatic rings. The highest BCUT2D eigenvalue weighted by molar-refractivity contribution is 5.76. The van der Waals surface area contributed by atoms with Crippen molar-refractivity contribution in [3.8, 4) is 5.75 Å². The Morgan fingerprint density at radius 1 is 1.32 bits per heavy atom. The van der Waals surface area contributed by atoms with E-state index in [0.29, 0.717) is 11.9 Å². The Hall–Kier alpha value is -2.48. The number of fused-ring (bicyclic) bond motifs is 1. The summed E-state index contributed by atoms with van der Waals surface area (Å²) in [5.41, 5.74) is 0.639. The summed E-state index contributed by atoms with van der Waals surface area (Å²) in [5, 5.41) is 11.3. The summed E-state index contributed by atoms with van der Waals surface area (Å²) in [5.74, 6) is 1.53. The van der Waals surface area contributed by atoms with Crippen molar-refractivity contribution in [2.75, 3.05) is 24.6 Å². The Morgan fingerprint density at radius 3 is 2.75 bits per heavy atom. The van der Waals surface area contributed by atoms with E-state index in [1.807, 2.05) is 18.2 Å². The average Bonchev–Trinajstić information content (AvgIpc) is 3.36. The molecule has 1 saturated carbocycles. The highest BCUT2D eigenvalue weighted by Gasteiger charge is 2.29. The summed E-state index contributed by atoms with van der Waals surface area (Å²) in [4.78, 5) is 17.5. The lowest BCUT2D eigenvalue weighted by Gasteiger charge is -2.36. The van der Waals surface area contributed by atoms with Crippen LogP contribution in [-0.4, -0.2) is 47.7 Å². The van der Waals surface area contributed by atoms with Crippen molar-refractivity contribution >= 4 is 23.2 Å². The number of amides is 1. The van der Waals surface area contributed by atoms with Crippen LogP contribution in [-0.2, 0) is 4.74 Å². The zero-order valence-corrected chi connectivity index (χ0v) is 16.3. The normalized spacial score (nSPS) is 18.4. The molecule has 2 fully saturated rings. The number of benzene rings is 1. The van der Waals surface area contributed by atoms with Gasteiger partial charge >= 0.3 is 6.09 Å². The molecular weight excluding hydrogens is 362 g/mol. The van der Waals surface area contributed by atoms with Gasteiger partial charge in [0.05, 0.1) is 12.7 Å². The lowest BCUT2D eigenvalue weighted by molar-refractivity contribution is -0.0940. The van der Waals surface area contributed by atoms with Gasteiger partial charge in [-0.15, -0.1) is 0 Å². The summed E-state index contributed by atoms with van der Waals surface area (Å²) in [6, 6.07) is 6.38. The van der Waals surface area contributed by atoms with E-state index in [0.717, 1.165) is 49.4 Å². The van der Waals surface area contributed by atoms with Crippen molar-refractivity contribution in [1.29, 1.82) is 0 Å². The van der Waals surface area contributed by atoms with Crippen LogP contribution < -0.4 is 15.0 Å². The van der Waals surface area contributed by atoms with Crippen LogP contribution in [0.2, 0.25) is 0 Å². The molecule has 0 bridgehead atoms. The topological polar surface area (TPSA) is 97.1 Å². The quantitative estimate of drug-likeness (QED) is 0.698. The van der Waals surface area contributed by atoms with E-state index < -0.39 is 11.8 Å². The SMILES string of the molecule is CC(C)(NC(=O)O)OC1CCN(c2nc3ccc(OCC4CC4)cc3o2)CC1. The van der Waals surface area contributed by atoms with Gasteiger partial charge in [-0.05, 0) is 57.6 Å². The standard InChI is InChI=1S/C20H27N3O5/c1-20(2,22-19(24)25)28-14-7-9-23(10-8-14)18-21-16-6-5-15(11-17(16)27-18)26-12-13-3-4-13/h5-6,11,13-14,22H,3-4,7-10,12H2,1-2H3,(H,24,25). The Kier molecular flexibility index (Phi) is 5.05. The Morgan fingerprint density at radius 2 is 2.07 bits per heavy atom. The number of nitrogens with one attached hydrogen (secondary N) is 1. The minimum absolute atomic E-state index is 0.00935. The number of carboxylic acid groups (broad SMARTS) is 1. The second-order valence-electron chi connectivity index (χ2n) is 8.13. The molecule has 1 amide bonds. The maximum atomic E-state index is 10.9. The van der Waals surface area contributed by atoms with Crippen molar-refractivity contribution in [2.45, 2.75) is 51.4 Å². The number of anilines is 1. The van der Waals surface area contributed by atoms with Crippen molar-refractivity contribution in [3.63, 3.8) is 0 Å². The van der Waals surface area contributed by atoms with Crippen LogP contribution in [0.4, 0.5) is 10.8 Å². The molecule has 0 unspecified atom stereocenters.